The molecular weight excluding hydrogens is 646 g/mol. The number of carbonyl (C=O) groups excluding carboxylic acids is 3. The van der Waals surface area contributed by atoms with Gasteiger partial charge in [0.15, 0.2) is 30.6 Å². The van der Waals surface area contributed by atoms with E-state index >= 15 is 0 Å². The average molecular weight is 684 g/mol. The van der Waals surface area contributed by atoms with Crippen molar-refractivity contribution < 1.29 is 37.8 Å². The molecule has 0 aliphatic rings. The third-order valence-electron chi connectivity index (χ3n) is 8.11. The van der Waals surface area contributed by atoms with Crippen molar-refractivity contribution in [2.45, 2.75) is 52.1 Å². The fourth-order valence-corrected chi connectivity index (χ4v) is 5.23. The Morgan fingerprint density at radius 3 is 2.26 bits per heavy atom. The van der Waals surface area contributed by atoms with Gasteiger partial charge in [-0.2, -0.15) is 0 Å². The van der Waals surface area contributed by atoms with Crippen molar-refractivity contribution in [1.29, 1.82) is 0 Å². The van der Waals surface area contributed by atoms with E-state index in [0.717, 1.165) is 16.7 Å². The van der Waals surface area contributed by atoms with E-state index in [0.29, 0.717) is 5.56 Å². The van der Waals surface area contributed by atoms with E-state index < -0.39 is 47.8 Å². The molecular formula is C36H37N5O9. The quantitative estimate of drug-likeness (QED) is 0.136. The Hall–Kier alpha value is -5.86. The second kappa shape index (κ2) is 16.0. The van der Waals surface area contributed by atoms with Crippen LogP contribution in [0.4, 0.5) is 0 Å². The first-order valence-corrected chi connectivity index (χ1v) is 15.7. The Morgan fingerprint density at radius 1 is 0.960 bits per heavy atom. The zero-order valence-electron chi connectivity index (χ0n) is 27.5. The Balaban J connectivity index is 1.28. The van der Waals surface area contributed by atoms with Crippen LogP contribution < -0.4 is 16.9 Å². The zero-order chi connectivity index (χ0) is 35.7. The van der Waals surface area contributed by atoms with Gasteiger partial charge in [-0.3, -0.25) is 9.59 Å². The number of hydrogen-bond donors (Lipinski definition) is 3. The SMILES string of the molecule is Cc1oc(=O)oc1COC(=O)[C@](C)(CO)C[C@@H](Cc1ccc(-c2ccccc2)cc1)NC(=O)c1cn(COC(=O)[C@H](N)c2ccccc2)nn1. The second-order valence-corrected chi connectivity index (χ2v) is 12.0. The number of esters is 2. The molecule has 0 saturated heterocycles. The predicted octanol–water partition coefficient (Wildman–Crippen LogP) is 3.47. The number of hydrogen-bond acceptors (Lipinski definition) is 12. The van der Waals surface area contributed by atoms with Gasteiger partial charge >= 0.3 is 17.8 Å². The lowest BCUT2D eigenvalue weighted by Crippen LogP contribution is -2.44. The van der Waals surface area contributed by atoms with E-state index in [1.54, 1.807) is 30.3 Å². The van der Waals surface area contributed by atoms with E-state index in [4.69, 9.17) is 24.0 Å². The van der Waals surface area contributed by atoms with Crippen LogP contribution in [-0.4, -0.2) is 50.6 Å². The Kier molecular flexibility index (Phi) is 11.4. The summed E-state index contributed by atoms with van der Waals surface area (Å²) >= 11 is 0. The number of aliphatic hydroxyl groups is 1. The molecule has 0 unspecified atom stereocenters. The molecule has 14 nitrogen and oxygen atoms in total. The molecule has 260 valence electrons. The summed E-state index contributed by atoms with van der Waals surface area (Å²) in [5, 5.41) is 21.1. The molecule has 50 heavy (non-hydrogen) atoms. The predicted molar refractivity (Wildman–Crippen MR) is 178 cm³/mol. The third-order valence-corrected chi connectivity index (χ3v) is 8.11. The molecule has 14 heteroatoms. The van der Waals surface area contributed by atoms with E-state index in [9.17, 15) is 24.3 Å². The highest BCUT2D eigenvalue weighted by Gasteiger charge is 2.38. The zero-order valence-corrected chi connectivity index (χ0v) is 27.5. The summed E-state index contributed by atoms with van der Waals surface area (Å²) in [6, 6.07) is 24.6. The number of ether oxygens (including phenoxy) is 2. The van der Waals surface area contributed by atoms with Gasteiger partial charge < -0.3 is 34.5 Å². The molecule has 3 aromatic carbocycles. The highest BCUT2D eigenvalue weighted by Crippen LogP contribution is 2.28. The molecule has 0 aliphatic heterocycles. The number of aliphatic hydroxyl groups excluding tert-OH is 1. The summed E-state index contributed by atoms with van der Waals surface area (Å²) in [6.45, 7) is 1.69. The molecule has 4 N–H and O–H groups in total. The van der Waals surface area contributed by atoms with Crippen molar-refractivity contribution in [3.05, 3.63) is 130 Å². The molecule has 2 heterocycles. The number of nitrogens with two attached hydrogens (primary N) is 1. The smallest absolute Gasteiger partial charge is 0.457 e. The van der Waals surface area contributed by atoms with Crippen molar-refractivity contribution >= 4 is 17.8 Å². The minimum absolute atomic E-state index is 0.0358. The van der Waals surface area contributed by atoms with Gasteiger partial charge in [-0.1, -0.05) is 90.1 Å². The fourth-order valence-electron chi connectivity index (χ4n) is 5.23. The van der Waals surface area contributed by atoms with Crippen LogP contribution in [0, 0.1) is 12.3 Å². The summed E-state index contributed by atoms with van der Waals surface area (Å²) in [7, 11) is 0. The number of carbonyl (C=O) groups is 3. The summed E-state index contributed by atoms with van der Waals surface area (Å²) in [5.74, 6) is -2.79. The van der Waals surface area contributed by atoms with Crippen LogP contribution in [0.3, 0.4) is 0 Å². The van der Waals surface area contributed by atoms with Crippen LogP contribution in [-0.2, 0) is 38.8 Å². The largest absolute Gasteiger partial charge is 0.519 e. The monoisotopic (exact) mass is 683 g/mol. The lowest BCUT2D eigenvalue weighted by atomic mass is 9.82. The number of nitrogens with zero attached hydrogens (tertiary/aromatic N) is 3. The van der Waals surface area contributed by atoms with Crippen LogP contribution in [0.2, 0.25) is 0 Å². The minimum atomic E-state index is -1.47. The maximum atomic E-state index is 13.4. The molecule has 1 amide bonds. The van der Waals surface area contributed by atoms with Crippen molar-refractivity contribution in [2.24, 2.45) is 11.1 Å². The summed E-state index contributed by atoms with van der Waals surface area (Å²) in [5.41, 5.74) is 7.93. The number of rotatable bonds is 15. The standard InChI is InChI=1S/C36H37N5O9/c1-23-30(50-35(46)49-23)20-47-34(45)36(2,21-42)18-28(17-24-13-15-26(16-14-24)25-9-5-3-6-10-25)38-32(43)29-19-41(40-39-29)22-48-33(44)31(37)27-11-7-4-8-12-27/h3-16,19,28,31,42H,17-18,20-22,37H2,1-2H3,(H,38,43)/t28-,31-,36+/m1/s1. The van der Waals surface area contributed by atoms with Crippen LogP contribution in [0.1, 0.15) is 52.5 Å². The Labute approximate surface area is 286 Å². The van der Waals surface area contributed by atoms with E-state index in [1.807, 2.05) is 54.6 Å². The topological polar surface area (TPSA) is 202 Å². The van der Waals surface area contributed by atoms with Crippen molar-refractivity contribution in [3.8, 4) is 11.1 Å². The average Bonchev–Trinajstić information content (AvgIpc) is 3.75. The van der Waals surface area contributed by atoms with E-state index in [1.165, 1.54) is 24.7 Å². The fraction of sp³-hybridized carbons (Fsp3) is 0.278. The molecule has 0 bridgehead atoms. The van der Waals surface area contributed by atoms with Gasteiger partial charge in [0.05, 0.1) is 18.2 Å². The first kappa shape index (κ1) is 35.4. The number of aryl methyl sites for hydroxylation is 1. The van der Waals surface area contributed by atoms with Crippen LogP contribution in [0.5, 0.6) is 0 Å². The van der Waals surface area contributed by atoms with Crippen molar-refractivity contribution in [2.75, 3.05) is 6.61 Å². The molecule has 5 rings (SSSR count). The lowest BCUT2D eigenvalue weighted by Gasteiger charge is -2.30. The van der Waals surface area contributed by atoms with Gasteiger partial charge in [-0.25, -0.2) is 14.3 Å². The van der Waals surface area contributed by atoms with Gasteiger partial charge in [-0.05, 0) is 48.9 Å². The molecule has 0 saturated carbocycles. The molecule has 3 atom stereocenters. The number of amides is 1. The number of benzene rings is 3. The molecule has 5 aromatic rings. The highest BCUT2D eigenvalue weighted by atomic mass is 16.6. The molecule has 0 radical (unpaired) electrons. The normalized spacial score (nSPS) is 13.5. The second-order valence-electron chi connectivity index (χ2n) is 12.0. The van der Waals surface area contributed by atoms with Crippen molar-refractivity contribution in [3.63, 3.8) is 0 Å². The van der Waals surface area contributed by atoms with E-state index in [2.05, 4.69) is 15.6 Å². The maximum absolute atomic E-state index is 13.4. The molecule has 0 fully saturated rings. The van der Waals surface area contributed by atoms with Gasteiger partial charge in [0.2, 0.25) is 0 Å². The summed E-state index contributed by atoms with van der Waals surface area (Å²) in [4.78, 5) is 50.6. The number of aromatic nitrogens is 3. The van der Waals surface area contributed by atoms with Gasteiger partial charge in [0, 0.05) is 6.04 Å². The van der Waals surface area contributed by atoms with Gasteiger partial charge in [0.1, 0.15) is 6.04 Å². The summed E-state index contributed by atoms with van der Waals surface area (Å²) in [6.07, 6.45) is 1.55. The first-order chi connectivity index (χ1) is 24.0. The van der Waals surface area contributed by atoms with Gasteiger partial charge in [0.25, 0.3) is 5.91 Å². The van der Waals surface area contributed by atoms with Crippen LogP contribution in [0.15, 0.2) is 105 Å². The molecule has 0 spiro atoms. The number of nitrogens with one attached hydrogen (secondary N) is 1. The minimum Gasteiger partial charge on any atom is -0.457 e. The van der Waals surface area contributed by atoms with Crippen LogP contribution in [0.25, 0.3) is 11.1 Å². The maximum Gasteiger partial charge on any atom is 0.519 e. The third kappa shape index (κ3) is 8.98. The lowest BCUT2D eigenvalue weighted by molar-refractivity contribution is -0.160. The van der Waals surface area contributed by atoms with Gasteiger partial charge in [-0.15, -0.1) is 5.10 Å². The molecule has 0 aliphatic carbocycles. The Morgan fingerprint density at radius 2 is 1.62 bits per heavy atom. The van der Waals surface area contributed by atoms with Crippen molar-refractivity contribution in [1.82, 2.24) is 20.3 Å². The first-order valence-electron chi connectivity index (χ1n) is 15.7. The molecule has 2 aromatic heterocycles. The van der Waals surface area contributed by atoms with Crippen LogP contribution >= 0.6 is 0 Å². The Bertz CT molecular complexity index is 1950. The summed E-state index contributed by atoms with van der Waals surface area (Å²) < 4.78 is 21.6. The van der Waals surface area contributed by atoms with E-state index in [-0.39, 0.29) is 43.4 Å². The highest BCUT2D eigenvalue weighted by molar-refractivity contribution is 5.92.